The molecule has 0 saturated carbocycles. The van der Waals surface area contributed by atoms with E-state index in [9.17, 15) is 4.79 Å². The van der Waals surface area contributed by atoms with Gasteiger partial charge in [0.25, 0.3) is 0 Å². The van der Waals surface area contributed by atoms with Crippen molar-refractivity contribution in [1.29, 1.82) is 0 Å². The fourth-order valence-electron chi connectivity index (χ4n) is 3.82. The van der Waals surface area contributed by atoms with Gasteiger partial charge in [0.2, 0.25) is 0 Å². The first-order chi connectivity index (χ1) is 14.8. The molecule has 0 aliphatic heterocycles. The maximum absolute atomic E-state index is 12.8. The fourth-order valence-corrected chi connectivity index (χ4v) is 3.82. The van der Waals surface area contributed by atoms with Crippen LogP contribution in [0.25, 0.3) is 33.2 Å². The van der Waals surface area contributed by atoms with Gasteiger partial charge in [0, 0.05) is 5.56 Å². The second-order valence-corrected chi connectivity index (χ2v) is 7.10. The predicted molar refractivity (Wildman–Crippen MR) is 119 cm³/mol. The van der Waals surface area contributed by atoms with Gasteiger partial charge in [-0.05, 0) is 29.0 Å². The van der Waals surface area contributed by atoms with Crippen LogP contribution in [0, 0.1) is 0 Å². The molecule has 0 N–H and O–H groups in total. The van der Waals surface area contributed by atoms with Crippen LogP contribution in [0.1, 0.15) is 10.4 Å². The van der Waals surface area contributed by atoms with Crippen LogP contribution < -0.4 is 0 Å². The van der Waals surface area contributed by atoms with Crippen LogP contribution in [0.4, 0.5) is 0 Å². The normalized spacial score (nSPS) is 11.1. The van der Waals surface area contributed by atoms with Gasteiger partial charge in [0.1, 0.15) is 12.4 Å². The summed E-state index contributed by atoms with van der Waals surface area (Å²) >= 11 is 0. The van der Waals surface area contributed by atoms with Gasteiger partial charge >= 0.3 is 5.97 Å². The van der Waals surface area contributed by atoms with Gasteiger partial charge in [0.05, 0.1) is 23.1 Å². The predicted octanol–water partition coefficient (Wildman–Crippen LogP) is 5.71. The molecule has 1 heterocycles. The van der Waals surface area contributed by atoms with Gasteiger partial charge in [-0.25, -0.2) is 9.78 Å². The van der Waals surface area contributed by atoms with Crippen molar-refractivity contribution in [2.75, 3.05) is 6.61 Å². The molecule has 0 spiro atoms. The van der Waals surface area contributed by atoms with Crippen molar-refractivity contribution in [3.8, 4) is 11.4 Å². The Bertz CT molecular complexity index is 1330. The van der Waals surface area contributed by atoms with Crippen molar-refractivity contribution < 1.29 is 9.53 Å². The Labute approximate surface area is 174 Å². The second-order valence-electron chi connectivity index (χ2n) is 7.10. The quantitative estimate of drug-likeness (QED) is 0.360. The number of para-hydroxylation sites is 2. The van der Waals surface area contributed by atoms with Gasteiger partial charge in [-0.2, -0.15) is 0 Å². The Balaban J connectivity index is 1.41. The molecule has 0 fully saturated rings. The molecule has 0 bridgehead atoms. The number of imidazole rings is 1. The topological polar surface area (TPSA) is 44.1 Å². The number of fused-ring (bicyclic) bond motifs is 2. The third-order valence-electron chi connectivity index (χ3n) is 5.24. The first kappa shape index (κ1) is 18.1. The summed E-state index contributed by atoms with van der Waals surface area (Å²) in [5.74, 6) is 0.565. The van der Waals surface area contributed by atoms with Gasteiger partial charge in [-0.15, -0.1) is 0 Å². The number of hydrogen-bond donors (Lipinski definition) is 0. The number of carbonyl (C=O) groups excluding carboxylic acids is 1. The highest BCUT2D eigenvalue weighted by Gasteiger charge is 2.14. The summed E-state index contributed by atoms with van der Waals surface area (Å²) in [6, 6.07) is 31.6. The maximum Gasteiger partial charge on any atom is 0.338 e. The van der Waals surface area contributed by atoms with Gasteiger partial charge in [0.15, 0.2) is 0 Å². The third-order valence-corrected chi connectivity index (χ3v) is 5.24. The molecule has 1 aromatic heterocycles. The minimum atomic E-state index is -0.308. The number of esters is 1. The summed E-state index contributed by atoms with van der Waals surface area (Å²) in [5.41, 5.74) is 3.58. The van der Waals surface area contributed by atoms with Gasteiger partial charge < -0.3 is 9.30 Å². The minimum Gasteiger partial charge on any atom is -0.460 e. The molecule has 0 aliphatic carbocycles. The Hall–Kier alpha value is -3.92. The molecule has 0 amide bonds. The number of benzene rings is 4. The second kappa shape index (κ2) is 7.84. The molecular formula is C26H20N2O2. The number of nitrogens with zero attached hydrogens (tertiary/aromatic N) is 2. The Morgan fingerprint density at radius 1 is 0.800 bits per heavy atom. The first-order valence-electron chi connectivity index (χ1n) is 9.97. The molecule has 0 saturated heterocycles. The largest absolute Gasteiger partial charge is 0.460 e. The Morgan fingerprint density at radius 3 is 2.43 bits per heavy atom. The van der Waals surface area contributed by atoms with Crippen molar-refractivity contribution in [1.82, 2.24) is 9.55 Å². The van der Waals surface area contributed by atoms with Crippen LogP contribution in [-0.4, -0.2) is 22.1 Å². The number of hydrogen-bond acceptors (Lipinski definition) is 3. The zero-order chi connectivity index (χ0) is 20.3. The summed E-state index contributed by atoms with van der Waals surface area (Å²) in [7, 11) is 0. The Morgan fingerprint density at radius 2 is 1.53 bits per heavy atom. The van der Waals surface area contributed by atoms with E-state index >= 15 is 0 Å². The smallest absolute Gasteiger partial charge is 0.338 e. The average Bonchev–Trinajstić information content (AvgIpc) is 3.18. The number of ether oxygens (including phenoxy) is 1. The minimum absolute atomic E-state index is 0.266. The summed E-state index contributed by atoms with van der Waals surface area (Å²) in [4.78, 5) is 17.6. The van der Waals surface area contributed by atoms with Crippen molar-refractivity contribution in [2.45, 2.75) is 6.54 Å². The van der Waals surface area contributed by atoms with E-state index in [1.807, 2.05) is 97.1 Å². The molecule has 5 rings (SSSR count). The lowest BCUT2D eigenvalue weighted by Gasteiger charge is -2.11. The highest BCUT2D eigenvalue weighted by Crippen LogP contribution is 2.25. The molecular weight excluding hydrogens is 372 g/mol. The summed E-state index contributed by atoms with van der Waals surface area (Å²) in [6.07, 6.45) is 0. The van der Waals surface area contributed by atoms with E-state index < -0.39 is 0 Å². The summed E-state index contributed by atoms with van der Waals surface area (Å²) in [6.45, 7) is 0.795. The standard InChI is InChI=1S/C26H20N2O2/c29-26(22-14-8-12-19-9-4-5-13-21(19)22)30-18-17-28-24-16-7-6-15-23(24)27-25(28)20-10-2-1-3-11-20/h1-16H,17-18H2. The first-order valence-corrected chi connectivity index (χ1v) is 9.97. The molecule has 30 heavy (non-hydrogen) atoms. The van der Waals surface area contributed by atoms with E-state index in [-0.39, 0.29) is 12.6 Å². The van der Waals surface area contributed by atoms with E-state index in [1.54, 1.807) is 0 Å². The third kappa shape index (κ3) is 3.33. The van der Waals surface area contributed by atoms with Crippen molar-refractivity contribution in [3.63, 3.8) is 0 Å². The van der Waals surface area contributed by atoms with Crippen molar-refractivity contribution in [3.05, 3.63) is 103 Å². The lowest BCUT2D eigenvalue weighted by molar-refractivity contribution is 0.0495. The molecule has 0 radical (unpaired) electrons. The molecule has 0 atom stereocenters. The number of rotatable bonds is 5. The van der Waals surface area contributed by atoms with Gasteiger partial charge in [-0.3, -0.25) is 0 Å². The molecule has 146 valence electrons. The van der Waals surface area contributed by atoms with E-state index in [2.05, 4.69) is 4.57 Å². The summed E-state index contributed by atoms with van der Waals surface area (Å²) < 4.78 is 7.77. The molecule has 5 aromatic rings. The van der Waals surface area contributed by atoms with Gasteiger partial charge in [-0.1, -0.05) is 78.9 Å². The van der Waals surface area contributed by atoms with Crippen LogP contribution in [-0.2, 0) is 11.3 Å². The summed E-state index contributed by atoms with van der Waals surface area (Å²) in [5, 5.41) is 1.93. The SMILES string of the molecule is O=C(OCCn1c(-c2ccccc2)nc2ccccc21)c1cccc2ccccc12. The number of carbonyl (C=O) groups is 1. The lowest BCUT2D eigenvalue weighted by atomic mass is 10.1. The number of aromatic nitrogens is 2. The van der Waals surface area contributed by atoms with Crippen molar-refractivity contribution >= 4 is 27.8 Å². The molecule has 4 heteroatoms. The Kier molecular flexibility index (Phi) is 4.74. The highest BCUT2D eigenvalue weighted by molar-refractivity contribution is 6.04. The van der Waals surface area contributed by atoms with Crippen LogP contribution >= 0.6 is 0 Å². The molecule has 0 aliphatic rings. The monoisotopic (exact) mass is 392 g/mol. The molecule has 4 nitrogen and oxygen atoms in total. The van der Waals surface area contributed by atoms with Crippen molar-refractivity contribution in [2.24, 2.45) is 0 Å². The van der Waals surface area contributed by atoms with E-state index in [4.69, 9.17) is 9.72 Å². The molecule has 0 unspecified atom stereocenters. The van der Waals surface area contributed by atoms with E-state index in [1.165, 1.54) is 0 Å². The van der Waals surface area contributed by atoms with E-state index in [0.717, 1.165) is 33.2 Å². The zero-order valence-corrected chi connectivity index (χ0v) is 16.4. The van der Waals surface area contributed by atoms with Crippen LogP contribution in [0.5, 0.6) is 0 Å². The fraction of sp³-hybridized carbons (Fsp3) is 0.0769. The molecule has 4 aromatic carbocycles. The average molecular weight is 392 g/mol. The maximum atomic E-state index is 12.8. The van der Waals surface area contributed by atoms with E-state index in [0.29, 0.717) is 12.1 Å². The van der Waals surface area contributed by atoms with Crippen LogP contribution in [0.15, 0.2) is 97.1 Å². The zero-order valence-electron chi connectivity index (χ0n) is 16.4. The van der Waals surface area contributed by atoms with Crippen LogP contribution in [0.2, 0.25) is 0 Å². The highest BCUT2D eigenvalue weighted by atomic mass is 16.5. The lowest BCUT2D eigenvalue weighted by Crippen LogP contribution is -2.12. The van der Waals surface area contributed by atoms with Crippen LogP contribution in [0.3, 0.4) is 0 Å².